The number of aromatic nitrogens is 2. The monoisotopic (exact) mass is 228 g/mol. The van der Waals surface area contributed by atoms with E-state index in [0.717, 1.165) is 29.1 Å². The Labute approximate surface area is 101 Å². The van der Waals surface area contributed by atoms with Gasteiger partial charge in [0.25, 0.3) is 0 Å². The molecular weight excluding hydrogens is 212 g/mol. The van der Waals surface area contributed by atoms with Gasteiger partial charge in [-0.05, 0) is 25.5 Å². The molecule has 2 aromatic rings. The van der Waals surface area contributed by atoms with E-state index in [4.69, 9.17) is 11.1 Å². The molecule has 17 heavy (non-hydrogen) atoms. The van der Waals surface area contributed by atoms with Crippen LogP contribution in [0.1, 0.15) is 22.5 Å². The summed E-state index contributed by atoms with van der Waals surface area (Å²) in [4.78, 5) is 0. The van der Waals surface area contributed by atoms with E-state index in [0.29, 0.717) is 0 Å². The summed E-state index contributed by atoms with van der Waals surface area (Å²) in [6.07, 6.45) is 0. The minimum Gasteiger partial charge on any atom is -0.384 e. The van der Waals surface area contributed by atoms with E-state index in [9.17, 15) is 0 Å². The number of rotatable bonds is 3. The Morgan fingerprint density at radius 3 is 2.41 bits per heavy atom. The van der Waals surface area contributed by atoms with Gasteiger partial charge in [0.2, 0.25) is 0 Å². The summed E-state index contributed by atoms with van der Waals surface area (Å²) >= 11 is 0. The summed E-state index contributed by atoms with van der Waals surface area (Å²) in [6.45, 7) is 4.78. The minimum absolute atomic E-state index is 0.0997. The summed E-state index contributed by atoms with van der Waals surface area (Å²) in [5, 5.41) is 11.7. The highest BCUT2D eigenvalue weighted by Crippen LogP contribution is 2.08. The Hall–Kier alpha value is -2.10. The first-order chi connectivity index (χ1) is 8.06. The molecule has 1 heterocycles. The fraction of sp³-hybridized carbons (Fsp3) is 0.231. The molecule has 2 rings (SSSR count). The first-order valence-electron chi connectivity index (χ1n) is 5.50. The van der Waals surface area contributed by atoms with Crippen LogP contribution in [0.3, 0.4) is 0 Å². The molecule has 88 valence electrons. The molecule has 0 amide bonds. The van der Waals surface area contributed by atoms with Crippen molar-refractivity contribution in [3.8, 4) is 0 Å². The second kappa shape index (κ2) is 4.41. The number of nitrogen functional groups attached to an aromatic ring is 1. The summed E-state index contributed by atoms with van der Waals surface area (Å²) in [7, 11) is 0. The molecule has 1 aromatic heterocycles. The maximum Gasteiger partial charge on any atom is 0.122 e. The highest BCUT2D eigenvalue weighted by molar-refractivity contribution is 5.94. The molecule has 0 saturated heterocycles. The van der Waals surface area contributed by atoms with Gasteiger partial charge in [0.15, 0.2) is 0 Å². The third-order valence-electron chi connectivity index (χ3n) is 2.70. The van der Waals surface area contributed by atoms with Crippen molar-refractivity contribution in [1.29, 1.82) is 5.41 Å². The lowest BCUT2D eigenvalue weighted by Gasteiger charge is -2.05. The van der Waals surface area contributed by atoms with Crippen molar-refractivity contribution in [2.24, 2.45) is 5.73 Å². The molecule has 0 atom stereocenters. The van der Waals surface area contributed by atoms with Crippen LogP contribution >= 0.6 is 0 Å². The summed E-state index contributed by atoms with van der Waals surface area (Å²) in [5.74, 6) is 0.0997. The molecule has 0 aliphatic heterocycles. The summed E-state index contributed by atoms with van der Waals surface area (Å²) in [5.41, 5.74) is 9.50. The predicted octanol–water partition coefficient (Wildman–Crippen LogP) is 1.83. The topological polar surface area (TPSA) is 67.7 Å². The van der Waals surface area contributed by atoms with Crippen LogP contribution in [-0.4, -0.2) is 15.6 Å². The van der Waals surface area contributed by atoms with E-state index in [1.54, 1.807) is 0 Å². The van der Waals surface area contributed by atoms with Gasteiger partial charge in [-0.15, -0.1) is 0 Å². The van der Waals surface area contributed by atoms with Gasteiger partial charge in [-0.2, -0.15) is 5.10 Å². The smallest absolute Gasteiger partial charge is 0.122 e. The molecule has 0 radical (unpaired) electrons. The van der Waals surface area contributed by atoms with Gasteiger partial charge in [-0.3, -0.25) is 10.1 Å². The van der Waals surface area contributed by atoms with Gasteiger partial charge in [0.05, 0.1) is 12.2 Å². The number of aryl methyl sites for hydroxylation is 2. The molecule has 4 heteroatoms. The zero-order chi connectivity index (χ0) is 12.4. The number of nitrogens with zero attached hydrogens (tertiary/aromatic N) is 2. The van der Waals surface area contributed by atoms with Crippen molar-refractivity contribution in [3.63, 3.8) is 0 Å². The third-order valence-corrected chi connectivity index (χ3v) is 2.70. The number of benzene rings is 1. The van der Waals surface area contributed by atoms with Crippen molar-refractivity contribution in [2.75, 3.05) is 0 Å². The number of nitrogens with one attached hydrogen (secondary N) is 1. The zero-order valence-electron chi connectivity index (χ0n) is 10.1. The maximum atomic E-state index is 7.32. The fourth-order valence-corrected chi connectivity index (χ4v) is 1.80. The molecule has 0 spiro atoms. The molecule has 0 unspecified atom stereocenters. The average Bonchev–Trinajstić information content (AvgIpc) is 2.58. The lowest BCUT2D eigenvalue weighted by Crippen LogP contribution is -2.11. The first-order valence-corrected chi connectivity index (χ1v) is 5.50. The number of amidine groups is 1. The van der Waals surface area contributed by atoms with E-state index in [-0.39, 0.29) is 5.84 Å². The number of hydrogen-bond acceptors (Lipinski definition) is 2. The summed E-state index contributed by atoms with van der Waals surface area (Å²) in [6, 6.07) is 9.75. The Bertz CT molecular complexity index is 537. The lowest BCUT2D eigenvalue weighted by molar-refractivity contribution is 0.659. The standard InChI is InChI=1S/C13H16N4/c1-9-7-10(2)17(16-9)8-11-3-5-12(6-4-11)13(14)15/h3-7H,8H2,1-2H3,(H3,14,15). The van der Waals surface area contributed by atoms with E-state index in [1.807, 2.05) is 42.8 Å². The maximum absolute atomic E-state index is 7.32. The molecule has 0 fully saturated rings. The van der Waals surface area contributed by atoms with Crippen LogP contribution in [0, 0.1) is 19.3 Å². The zero-order valence-corrected chi connectivity index (χ0v) is 10.1. The van der Waals surface area contributed by atoms with Crippen LogP contribution in [0.5, 0.6) is 0 Å². The average molecular weight is 228 g/mol. The highest BCUT2D eigenvalue weighted by Gasteiger charge is 2.02. The van der Waals surface area contributed by atoms with Crippen LogP contribution in [0.4, 0.5) is 0 Å². The Morgan fingerprint density at radius 1 is 1.29 bits per heavy atom. The predicted molar refractivity (Wildman–Crippen MR) is 68.3 cm³/mol. The van der Waals surface area contributed by atoms with E-state index < -0.39 is 0 Å². The largest absolute Gasteiger partial charge is 0.384 e. The first kappa shape index (κ1) is 11.4. The van der Waals surface area contributed by atoms with Crippen molar-refractivity contribution in [1.82, 2.24) is 9.78 Å². The Balaban J connectivity index is 2.19. The van der Waals surface area contributed by atoms with E-state index in [1.165, 1.54) is 0 Å². The molecular formula is C13H16N4. The molecule has 0 aliphatic carbocycles. The molecule has 0 aliphatic rings. The van der Waals surface area contributed by atoms with Gasteiger partial charge < -0.3 is 5.73 Å². The summed E-state index contributed by atoms with van der Waals surface area (Å²) < 4.78 is 1.97. The number of nitrogens with two attached hydrogens (primary N) is 1. The molecule has 3 N–H and O–H groups in total. The quantitative estimate of drug-likeness (QED) is 0.621. The van der Waals surface area contributed by atoms with E-state index in [2.05, 4.69) is 11.2 Å². The van der Waals surface area contributed by atoms with Gasteiger partial charge >= 0.3 is 0 Å². The van der Waals surface area contributed by atoms with Crippen molar-refractivity contribution >= 4 is 5.84 Å². The van der Waals surface area contributed by atoms with Gasteiger partial charge in [-0.1, -0.05) is 24.3 Å². The SMILES string of the molecule is Cc1cc(C)n(Cc2ccc(C(=N)N)cc2)n1. The second-order valence-electron chi connectivity index (χ2n) is 4.20. The van der Waals surface area contributed by atoms with Gasteiger partial charge in [-0.25, -0.2) is 0 Å². The normalized spacial score (nSPS) is 10.5. The minimum atomic E-state index is 0.0997. The Kier molecular flexibility index (Phi) is 2.95. The van der Waals surface area contributed by atoms with E-state index >= 15 is 0 Å². The second-order valence-corrected chi connectivity index (χ2v) is 4.20. The van der Waals surface area contributed by atoms with Crippen LogP contribution in [-0.2, 0) is 6.54 Å². The van der Waals surface area contributed by atoms with Crippen molar-refractivity contribution in [2.45, 2.75) is 20.4 Å². The van der Waals surface area contributed by atoms with Gasteiger partial charge in [0.1, 0.15) is 5.84 Å². The fourth-order valence-electron chi connectivity index (χ4n) is 1.80. The molecule has 4 nitrogen and oxygen atoms in total. The molecule has 1 aromatic carbocycles. The van der Waals surface area contributed by atoms with Crippen molar-refractivity contribution < 1.29 is 0 Å². The highest BCUT2D eigenvalue weighted by atomic mass is 15.3. The van der Waals surface area contributed by atoms with Crippen LogP contribution in [0.15, 0.2) is 30.3 Å². The molecule has 0 saturated carbocycles. The Morgan fingerprint density at radius 2 is 1.94 bits per heavy atom. The lowest BCUT2D eigenvalue weighted by atomic mass is 10.1. The number of hydrogen-bond donors (Lipinski definition) is 2. The molecule has 0 bridgehead atoms. The van der Waals surface area contributed by atoms with Crippen LogP contribution in [0.25, 0.3) is 0 Å². The van der Waals surface area contributed by atoms with Crippen molar-refractivity contribution in [3.05, 3.63) is 52.8 Å². The van der Waals surface area contributed by atoms with Gasteiger partial charge in [0, 0.05) is 11.3 Å². The van der Waals surface area contributed by atoms with Crippen LogP contribution < -0.4 is 5.73 Å². The third kappa shape index (κ3) is 2.53. The van der Waals surface area contributed by atoms with Crippen LogP contribution in [0.2, 0.25) is 0 Å².